The molecule has 0 aliphatic heterocycles. The molecule has 9 nitrogen and oxygen atoms in total. The number of amides is 1. The summed E-state index contributed by atoms with van der Waals surface area (Å²) in [4.78, 5) is 34.0. The van der Waals surface area contributed by atoms with Crippen molar-refractivity contribution in [2.75, 3.05) is 10.6 Å². The second-order valence-electron chi connectivity index (χ2n) is 8.89. The molecule has 190 valence electrons. The maximum atomic E-state index is 12.9. The molecule has 0 bridgehead atoms. The lowest BCUT2D eigenvalue weighted by Crippen LogP contribution is -2.22. The molecule has 5 rings (SSSR count). The Hall–Kier alpha value is -5.18. The maximum absolute atomic E-state index is 12.9. The molecule has 0 spiro atoms. The highest BCUT2D eigenvalue weighted by Gasteiger charge is 2.11. The first-order chi connectivity index (χ1) is 18.4. The molecule has 2 heterocycles. The summed E-state index contributed by atoms with van der Waals surface area (Å²) in [7, 11) is 1.50. The molecule has 38 heavy (non-hydrogen) atoms. The van der Waals surface area contributed by atoms with Crippen molar-refractivity contribution in [2.24, 2.45) is 7.05 Å². The van der Waals surface area contributed by atoms with Crippen molar-refractivity contribution in [2.45, 2.75) is 13.5 Å². The van der Waals surface area contributed by atoms with Crippen LogP contribution >= 0.6 is 0 Å². The summed E-state index contributed by atoms with van der Waals surface area (Å²) in [6.07, 6.45) is 3.09. The van der Waals surface area contributed by atoms with Gasteiger partial charge < -0.3 is 15.7 Å². The molecule has 0 aliphatic rings. The highest BCUT2D eigenvalue weighted by Crippen LogP contribution is 2.25. The molecule has 0 atom stereocenters. The smallest absolute Gasteiger partial charge is 0.331 e. The Morgan fingerprint density at radius 1 is 1.00 bits per heavy atom. The molecule has 0 unspecified atom stereocenters. The van der Waals surface area contributed by atoms with Gasteiger partial charge in [-0.3, -0.25) is 13.9 Å². The fourth-order valence-corrected chi connectivity index (χ4v) is 3.99. The summed E-state index contributed by atoms with van der Waals surface area (Å²) in [6.45, 7) is 2.25. The second kappa shape index (κ2) is 10.4. The number of hydrogen-bond donors (Lipinski definition) is 3. The summed E-state index contributed by atoms with van der Waals surface area (Å²) in [5.74, 6) is 0.0935. The Kier molecular flexibility index (Phi) is 6.73. The van der Waals surface area contributed by atoms with E-state index < -0.39 is 0 Å². The minimum atomic E-state index is -0.315. The molecule has 0 radical (unpaired) electrons. The van der Waals surface area contributed by atoms with Crippen molar-refractivity contribution in [3.05, 3.63) is 118 Å². The number of carbonyl (C=O) groups excluding carboxylic acids is 1. The van der Waals surface area contributed by atoms with Gasteiger partial charge in [-0.1, -0.05) is 48.5 Å². The van der Waals surface area contributed by atoms with Crippen LogP contribution in [0.1, 0.15) is 21.5 Å². The van der Waals surface area contributed by atoms with Crippen LogP contribution in [0.25, 0.3) is 11.3 Å². The average Bonchev–Trinajstić information content (AvgIpc) is 3.17. The Morgan fingerprint density at radius 2 is 1.76 bits per heavy atom. The molecule has 0 aliphatic carbocycles. The van der Waals surface area contributed by atoms with E-state index in [2.05, 4.69) is 20.6 Å². The van der Waals surface area contributed by atoms with Gasteiger partial charge in [0.25, 0.3) is 5.91 Å². The van der Waals surface area contributed by atoms with Crippen molar-refractivity contribution < 1.29 is 9.90 Å². The summed E-state index contributed by atoms with van der Waals surface area (Å²) in [6, 6.07) is 24.3. The molecule has 3 N–H and O–H groups in total. The monoisotopic (exact) mass is 506 g/mol. The van der Waals surface area contributed by atoms with Crippen molar-refractivity contribution in [3.8, 4) is 17.1 Å². The van der Waals surface area contributed by atoms with E-state index in [9.17, 15) is 14.7 Å². The van der Waals surface area contributed by atoms with Crippen molar-refractivity contribution in [1.29, 1.82) is 0 Å². The molecular weight excluding hydrogens is 480 g/mol. The number of aromatic nitrogens is 4. The number of nitrogens with one attached hydrogen (secondary N) is 2. The lowest BCUT2D eigenvalue weighted by atomic mass is 10.1. The van der Waals surface area contributed by atoms with Crippen LogP contribution in [-0.2, 0) is 13.6 Å². The number of aryl methyl sites for hydroxylation is 1. The first-order valence-corrected chi connectivity index (χ1v) is 12.0. The molecular formula is C29H26N6O3. The first kappa shape index (κ1) is 24.5. The van der Waals surface area contributed by atoms with Gasteiger partial charge in [0.2, 0.25) is 11.8 Å². The Morgan fingerprint density at radius 3 is 2.47 bits per heavy atom. The number of anilines is 3. The molecule has 0 fully saturated rings. The molecule has 0 saturated heterocycles. The zero-order valence-electron chi connectivity index (χ0n) is 20.9. The number of benzene rings is 3. The fraction of sp³-hybridized carbons (Fsp3) is 0.103. The lowest BCUT2D eigenvalue weighted by molar-refractivity contribution is 0.102. The van der Waals surface area contributed by atoms with Gasteiger partial charge in [-0.25, -0.2) is 14.8 Å². The van der Waals surface area contributed by atoms with Crippen molar-refractivity contribution in [3.63, 3.8) is 0 Å². The summed E-state index contributed by atoms with van der Waals surface area (Å²) >= 11 is 0. The van der Waals surface area contributed by atoms with Gasteiger partial charge in [-0.2, -0.15) is 0 Å². The third-order valence-corrected chi connectivity index (χ3v) is 6.18. The highest BCUT2D eigenvalue weighted by molar-refractivity contribution is 6.04. The second-order valence-corrected chi connectivity index (χ2v) is 8.89. The standard InChI is InChI=1S/C29H26N6O3/c1-19-8-13-23(16-25(19)33-28-30-15-14-24(32-28)21-6-4-3-5-7-21)31-27(37)22-11-9-20(10-12-22)17-35-18-26(36)34(2)29(35)38/h3-16,18,36H,17H2,1-2H3,(H,31,37)(H,30,32,33). The normalized spacial score (nSPS) is 10.8. The third kappa shape index (κ3) is 5.31. The topological polar surface area (TPSA) is 114 Å². The van der Waals surface area contributed by atoms with Gasteiger partial charge in [0.05, 0.1) is 18.4 Å². The summed E-state index contributed by atoms with van der Waals surface area (Å²) in [5.41, 5.74) is 5.17. The van der Waals surface area contributed by atoms with E-state index in [-0.39, 0.29) is 24.0 Å². The fourth-order valence-electron chi connectivity index (χ4n) is 3.99. The van der Waals surface area contributed by atoms with E-state index in [0.29, 0.717) is 17.2 Å². The van der Waals surface area contributed by atoms with Gasteiger partial charge in [-0.05, 0) is 48.4 Å². The predicted octanol–water partition coefficient (Wildman–Crippen LogP) is 4.70. The molecule has 9 heteroatoms. The SMILES string of the molecule is Cc1ccc(NC(=O)c2ccc(Cn3cc(O)n(C)c3=O)cc2)cc1Nc1nccc(-c2ccccc2)n1. The van der Waals surface area contributed by atoms with E-state index >= 15 is 0 Å². The van der Waals surface area contributed by atoms with Crippen molar-refractivity contribution in [1.82, 2.24) is 19.1 Å². The number of imidazole rings is 1. The minimum Gasteiger partial charge on any atom is -0.493 e. The van der Waals surface area contributed by atoms with E-state index in [1.54, 1.807) is 30.5 Å². The van der Waals surface area contributed by atoms with Crippen LogP contribution in [-0.4, -0.2) is 30.1 Å². The summed E-state index contributed by atoms with van der Waals surface area (Å²) in [5, 5.41) is 15.9. The van der Waals surface area contributed by atoms with E-state index in [0.717, 1.165) is 28.1 Å². The number of hydrogen-bond acceptors (Lipinski definition) is 6. The van der Waals surface area contributed by atoms with Gasteiger partial charge in [-0.15, -0.1) is 0 Å². The van der Waals surface area contributed by atoms with E-state index in [1.165, 1.54) is 22.4 Å². The largest absolute Gasteiger partial charge is 0.493 e. The number of carbonyl (C=O) groups is 1. The third-order valence-electron chi connectivity index (χ3n) is 6.18. The minimum absolute atomic E-state index is 0.103. The van der Waals surface area contributed by atoms with Crippen LogP contribution < -0.4 is 16.3 Å². The van der Waals surface area contributed by atoms with E-state index in [1.807, 2.05) is 61.5 Å². The van der Waals surface area contributed by atoms with Crippen LogP contribution in [0.2, 0.25) is 0 Å². The molecule has 1 amide bonds. The number of rotatable bonds is 7. The van der Waals surface area contributed by atoms with Crippen LogP contribution in [0.3, 0.4) is 0 Å². The highest BCUT2D eigenvalue weighted by atomic mass is 16.3. The molecule has 0 saturated carbocycles. The van der Waals surface area contributed by atoms with Crippen LogP contribution in [0.4, 0.5) is 17.3 Å². The van der Waals surface area contributed by atoms with Gasteiger partial charge in [0, 0.05) is 35.7 Å². The van der Waals surface area contributed by atoms with Gasteiger partial charge in [0.15, 0.2) is 0 Å². The maximum Gasteiger partial charge on any atom is 0.331 e. The predicted molar refractivity (Wildman–Crippen MR) is 147 cm³/mol. The van der Waals surface area contributed by atoms with Crippen LogP contribution in [0.15, 0.2) is 96.1 Å². The van der Waals surface area contributed by atoms with Gasteiger partial charge in [0.1, 0.15) is 0 Å². The number of aromatic hydroxyl groups is 1. The summed E-state index contributed by atoms with van der Waals surface area (Å²) < 4.78 is 2.57. The lowest BCUT2D eigenvalue weighted by Gasteiger charge is -2.12. The Balaban J connectivity index is 1.28. The zero-order valence-corrected chi connectivity index (χ0v) is 20.9. The van der Waals surface area contributed by atoms with Crippen LogP contribution in [0.5, 0.6) is 5.88 Å². The van der Waals surface area contributed by atoms with Crippen LogP contribution in [0, 0.1) is 6.92 Å². The van der Waals surface area contributed by atoms with Crippen molar-refractivity contribution >= 4 is 23.2 Å². The number of nitrogens with zero attached hydrogens (tertiary/aromatic N) is 4. The quantitative estimate of drug-likeness (QED) is 0.295. The molecule has 3 aromatic carbocycles. The average molecular weight is 507 g/mol. The Bertz CT molecular complexity index is 1660. The zero-order chi connectivity index (χ0) is 26.6. The Labute approximate surface area is 219 Å². The van der Waals surface area contributed by atoms with Gasteiger partial charge >= 0.3 is 5.69 Å². The molecule has 5 aromatic rings. The molecule has 2 aromatic heterocycles. The van der Waals surface area contributed by atoms with E-state index in [4.69, 9.17) is 0 Å². The first-order valence-electron chi connectivity index (χ1n) is 12.0.